The first kappa shape index (κ1) is 17.8. The Kier molecular flexibility index (Phi) is 5.00. The van der Waals surface area contributed by atoms with Crippen LogP contribution in [0.15, 0.2) is 47.2 Å². The second-order valence-corrected chi connectivity index (χ2v) is 7.42. The number of rotatable bonds is 3. The Labute approximate surface area is 165 Å². The van der Waals surface area contributed by atoms with Gasteiger partial charge in [0, 0.05) is 48.4 Å². The van der Waals surface area contributed by atoms with E-state index in [1.807, 2.05) is 29.2 Å². The van der Waals surface area contributed by atoms with Gasteiger partial charge in [0.25, 0.3) is 5.91 Å². The summed E-state index contributed by atoms with van der Waals surface area (Å²) < 4.78 is 0.804. The fraction of sp³-hybridized carbons (Fsp3) is 0.263. The second kappa shape index (κ2) is 7.58. The van der Waals surface area contributed by atoms with Gasteiger partial charge in [-0.3, -0.25) is 14.7 Å². The van der Waals surface area contributed by atoms with Gasteiger partial charge < -0.3 is 10.6 Å². The number of halogens is 1. The van der Waals surface area contributed by atoms with Crippen LogP contribution in [0.25, 0.3) is 10.9 Å². The number of benzene rings is 1. The zero-order chi connectivity index (χ0) is 18.8. The number of hydrogen-bond donors (Lipinski definition) is 1. The molecular formula is C19H19BrN6O. The fourth-order valence-electron chi connectivity index (χ4n) is 3.24. The summed E-state index contributed by atoms with van der Waals surface area (Å²) in [6.07, 6.45) is 3.27. The van der Waals surface area contributed by atoms with E-state index >= 15 is 0 Å². The molecule has 1 fully saturated rings. The van der Waals surface area contributed by atoms with Gasteiger partial charge >= 0.3 is 0 Å². The highest BCUT2D eigenvalue weighted by molar-refractivity contribution is 9.10. The monoisotopic (exact) mass is 426 g/mol. The summed E-state index contributed by atoms with van der Waals surface area (Å²) in [6.45, 7) is 3.48. The lowest BCUT2D eigenvalue weighted by atomic mass is 10.2. The Hall–Kier alpha value is -2.58. The first-order valence-electron chi connectivity index (χ1n) is 8.73. The number of carbonyl (C=O) groups is 1. The minimum atomic E-state index is 0.00893. The van der Waals surface area contributed by atoms with Crippen LogP contribution in [-0.2, 0) is 6.54 Å². The van der Waals surface area contributed by atoms with Gasteiger partial charge in [-0.2, -0.15) is 0 Å². The molecule has 27 heavy (non-hydrogen) atoms. The lowest BCUT2D eigenvalue weighted by molar-refractivity contribution is 0.0625. The number of carbonyl (C=O) groups excluding carboxylic acids is 1. The van der Waals surface area contributed by atoms with Crippen molar-refractivity contribution >= 4 is 38.6 Å². The topological polar surface area (TPSA) is 88.2 Å². The highest BCUT2D eigenvalue weighted by Gasteiger charge is 2.23. The van der Waals surface area contributed by atoms with Gasteiger partial charge in [-0.15, -0.1) is 0 Å². The van der Waals surface area contributed by atoms with Crippen molar-refractivity contribution in [3.63, 3.8) is 0 Å². The number of nitrogen functional groups attached to an aromatic ring is 1. The molecule has 0 aliphatic carbocycles. The molecule has 2 aromatic heterocycles. The predicted octanol–water partition coefficient (Wildman–Crippen LogP) is 2.33. The zero-order valence-corrected chi connectivity index (χ0v) is 16.3. The molecule has 1 aromatic carbocycles. The molecular weight excluding hydrogens is 408 g/mol. The first-order chi connectivity index (χ1) is 13.1. The largest absolute Gasteiger partial charge is 0.383 e. The predicted molar refractivity (Wildman–Crippen MR) is 107 cm³/mol. The molecule has 1 amide bonds. The Balaban J connectivity index is 1.40. The normalized spacial score (nSPS) is 15.2. The van der Waals surface area contributed by atoms with Gasteiger partial charge in [-0.1, -0.05) is 12.1 Å². The van der Waals surface area contributed by atoms with Crippen LogP contribution in [0.3, 0.4) is 0 Å². The molecule has 7 nitrogen and oxygen atoms in total. The maximum atomic E-state index is 12.6. The summed E-state index contributed by atoms with van der Waals surface area (Å²) in [4.78, 5) is 29.8. The smallest absolute Gasteiger partial charge is 0.255 e. The second-order valence-electron chi connectivity index (χ2n) is 6.50. The van der Waals surface area contributed by atoms with Crippen LogP contribution >= 0.6 is 15.9 Å². The number of amides is 1. The van der Waals surface area contributed by atoms with Crippen molar-refractivity contribution in [2.45, 2.75) is 6.54 Å². The van der Waals surface area contributed by atoms with Crippen LogP contribution in [-0.4, -0.2) is 56.8 Å². The summed E-state index contributed by atoms with van der Waals surface area (Å²) in [7, 11) is 0. The Morgan fingerprint density at radius 1 is 1.11 bits per heavy atom. The van der Waals surface area contributed by atoms with Crippen LogP contribution in [0.5, 0.6) is 0 Å². The van der Waals surface area contributed by atoms with Crippen LogP contribution < -0.4 is 5.73 Å². The van der Waals surface area contributed by atoms with Crippen molar-refractivity contribution in [3.8, 4) is 0 Å². The number of nitrogens with zero attached hydrogens (tertiary/aromatic N) is 5. The van der Waals surface area contributed by atoms with Gasteiger partial charge in [0.1, 0.15) is 11.6 Å². The molecule has 2 N–H and O–H groups in total. The molecule has 0 unspecified atom stereocenters. The molecule has 1 saturated heterocycles. The average molecular weight is 427 g/mol. The maximum absolute atomic E-state index is 12.6. The van der Waals surface area contributed by atoms with Crippen molar-refractivity contribution in [3.05, 3.63) is 58.6 Å². The lowest BCUT2D eigenvalue weighted by Gasteiger charge is -2.34. The van der Waals surface area contributed by atoms with Gasteiger partial charge in [-0.25, -0.2) is 9.97 Å². The number of hydrogen-bond acceptors (Lipinski definition) is 6. The van der Waals surface area contributed by atoms with Crippen LogP contribution in [0.1, 0.15) is 16.2 Å². The Morgan fingerprint density at radius 2 is 1.89 bits per heavy atom. The standard InChI is InChI=1S/C19H19BrN6O/c20-14-9-13(10-22-11-14)19(27)26-7-5-25(6-8-26)12-17-23-16-4-2-1-3-15(16)18(21)24-17/h1-4,9-11H,5-8,12H2,(H2,21,23,24). The van der Waals surface area contributed by atoms with E-state index in [1.54, 1.807) is 18.5 Å². The summed E-state index contributed by atoms with van der Waals surface area (Å²) >= 11 is 3.36. The third kappa shape index (κ3) is 3.91. The van der Waals surface area contributed by atoms with Crippen molar-refractivity contribution in [2.75, 3.05) is 31.9 Å². The first-order valence-corrected chi connectivity index (χ1v) is 9.53. The third-order valence-corrected chi connectivity index (χ3v) is 5.09. The molecule has 0 bridgehead atoms. The molecule has 4 rings (SSSR count). The minimum Gasteiger partial charge on any atom is -0.383 e. The van der Waals surface area contributed by atoms with Crippen molar-refractivity contribution in [1.82, 2.24) is 24.8 Å². The Morgan fingerprint density at radius 3 is 2.67 bits per heavy atom. The molecule has 1 aliphatic rings. The number of para-hydroxylation sites is 1. The summed E-state index contributed by atoms with van der Waals surface area (Å²) in [5.74, 6) is 1.23. The molecule has 0 saturated carbocycles. The number of pyridine rings is 1. The highest BCUT2D eigenvalue weighted by atomic mass is 79.9. The van der Waals surface area contributed by atoms with Gasteiger partial charge in [0.2, 0.25) is 0 Å². The summed E-state index contributed by atoms with van der Waals surface area (Å²) in [5.41, 5.74) is 7.53. The van der Waals surface area contributed by atoms with Crippen molar-refractivity contribution < 1.29 is 4.79 Å². The van der Waals surface area contributed by atoms with Gasteiger partial charge in [0.05, 0.1) is 17.6 Å². The molecule has 3 aromatic rings. The van der Waals surface area contributed by atoms with Crippen LogP contribution in [0.2, 0.25) is 0 Å². The van der Waals surface area contributed by atoms with Gasteiger partial charge in [-0.05, 0) is 34.1 Å². The quantitative estimate of drug-likeness (QED) is 0.691. The van der Waals surface area contributed by atoms with E-state index in [4.69, 9.17) is 5.73 Å². The molecule has 0 spiro atoms. The molecule has 0 radical (unpaired) electrons. The van der Waals surface area contributed by atoms with E-state index in [-0.39, 0.29) is 5.91 Å². The number of piperazine rings is 1. The number of nitrogens with two attached hydrogens (primary N) is 1. The van der Waals surface area contributed by atoms with Crippen molar-refractivity contribution in [2.24, 2.45) is 0 Å². The maximum Gasteiger partial charge on any atom is 0.255 e. The van der Waals surface area contributed by atoms with E-state index < -0.39 is 0 Å². The number of aromatic nitrogens is 3. The molecule has 138 valence electrons. The average Bonchev–Trinajstić information content (AvgIpc) is 2.68. The molecule has 8 heteroatoms. The number of anilines is 1. The lowest BCUT2D eigenvalue weighted by Crippen LogP contribution is -2.48. The highest BCUT2D eigenvalue weighted by Crippen LogP contribution is 2.18. The van der Waals surface area contributed by atoms with Crippen LogP contribution in [0, 0.1) is 0 Å². The van der Waals surface area contributed by atoms with E-state index in [0.29, 0.717) is 36.8 Å². The van der Waals surface area contributed by atoms with E-state index in [1.165, 1.54) is 0 Å². The minimum absolute atomic E-state index is 0.00893. The van der Waals surface area contributed by atoms with E-state index in [0.717, 1.165) is 28.5 Å². The molecule has 1 aliphatic heterocycles. The third-order valence-electron chi connectivity index (χ3n) is 4.66. The summed E-state index contributed by atoms with van der Waals surface area (Å²) in [6, 6.07) is 9.54. The Bertz CT molecular complexity index is 987. The van der Waals surface area contributed by atoms with Crippen LogP contribution in [0.4, 0.5) is 5.82 Å². The molecule has 3 heterocycles. The van der Waals surface area contributed by atoms with Gasteiger partial charge in [0.15, 0.2) is 0 Å². The van der Waals surface area contributed by atoms with E-state index in [9.17, 15) is 4.79 Å². The zero-order valence-electron chi connectivity index (χ0n) is 14.7. The fourth-order valence-corrected chi connectivity index (χ4v) is 3.61. The summed E-state index contributed by atoms with van der Waals surface area (Å²) in [5, 5.41) is 0.874. The van der Waals surface area contributed by atoms with E-state index in [2.05, 4.69) is 35.8 Å². The molecule has 0 atom stereocenters. The van der Waals surface area contributed by atoms with Crippen molar-refractivity contribution in [1.29, 1.82) is 0 Å². The number of fused-ring (bicyclic) bond motifs is 1. The SMILES string of the molecule is Nc1nc(CN2CCN(C(=O)c3cncc(Br)c3)CC2)nc2ccccc12.